The van der Waals surface area contributed by atoms with Crippen molar-refractivity contribution in [3.05, 3.63) is 0 Å². The number of carbonyl (C=O) groups is 1. The first-order valence-electron chi connectivity index (χ1n) is 5.15. The number of hydrogen-bond acceptors (Lipinski definition) is 3. The molecular weight excluding hydrogens is 180 g/mol. The van der Waals surface area contributed by atoms with Crippen molar-refractivity contribution in [1.82, 2.24) is 5.32 Å². The highest BCUT2D eigenvalue weighted by molar-refractivity contribution is 5.83. The van der Waals surface area contributed by atoms with E-state index >= 15 is 0 Å². The van der Waals surface area contributed by atoms with Gasteiger partial charge >= 0.3 is 0 Å². The molecule has 82 valence electrons. The Morgan fingerprint density at radius 3 is 2.57 bits per heavy atom. The summed E-state index contributed by atoms with van der Waals surface area (Å²) in [5.74, 6) is 0.312. The summed E-state index contributed by atoms with van der Waals surface area (Å²) in [6.07, 6.45) is 2.14. The Balaban J connectivity index is 2.28. The van der Waals surface area contributed by atoms with Crippen LogP contribution in [0.25, 0.3) is 0 Å². The molecule has 0 aromatic heterocycles. The summed E-state index contributed by atoms with van der Waals surface area (Å²) in [6.45, 7) is 6.15. The summed E-state index contributed by atoms with van der Waals surface area (Å²) >= 11 is 0. The van der Waals surface area contributed by atoms with Crippen LogP contribution in [0.15, 0.2) is 0 Å². The van der Waals surface area contributed by atoms with Crippen molar-refractivity contribution in [2.75, 3.05) is 19.8 Å². The van der Waals surface area contributed by atoms with E-state index < -0.39 is 5.54 Å². The molecule has 0 saturated carbocycles. The highest BCUT2D eigenvalue weighted by Crippen LogP contribution is 2.14. The molecule has 1 rings (SSSR count). The molecule has 4 nitrogen and oxygen atoms in total. The maximum absolute atomic E-state index is 11.0. The highest BCUT2D eigenvalue weighted by atomic mass is 16.5. The van der Waals surface area contributed by atoms with Gasteiger partial charge in [-0.15, -0.1) is 0 Å². The molecule has 1 fully saturated rings. The maximum Gasteiger partial charge on any atom is 0.237 e. The van der Waals surface area contributed by atoms with E-state index in [-0.39, 0.29) is 5.91 Å². The normalized spacial score (nSPS) is 19.6. The van der Waals surface area contributed by atoms with Crippen LogP contribution in [0.1, 0.15) is 26.7 Å². The van der Waals surface area contributed by atoms with E-state index in [4.69, 9.17) is 10.5 Å². The van der Waals surface area contributed by atoms with Crippen molar-refractivity contribution in [1.29, 1.82) is 0 Å². The number of carbonyl (C=O) groups excluding carboxylic acids is 1. The van der Waals surface area contributed by atoms with E-state index in [2.05, 4.69) is 5.32 Å². The Labute approximate surface area is 85.2 Å². The number of amides is 1. The lowest BCUT2D eigenvalue weighted by Crippen LogP contribution is -2.52. The summed E-state index contributed by atoms with van der Waals surface area (Å²) in [6, 6.07) is 0. The minimum Gasteiger partial charge on any atom is -0.381 e. The van der Waals surface area contributed by atoms with Crippen LogP contribution in [0, 0.1) is 5.92 Å². The average Bonchev–Trinajstić information content (AvgIpc) is 2.16. The van der Waals surface area contributed by atoms with Crippen molar-refractivity contribution in [2.24, 2.45) is 11.7 Å². The van der Waals surface area contributed by atoms with Crippen LogP contribution in [0.4, 0.5) is 0 Å². The Bertz CT molecular complexity index is 198. The maximum atomic E-state index is 11.0. The number of nitrogens with two attached hydrogens (primary N) is 1. The molecule has 0 aliphatic carbocycles. The molecule has 0 atom stereocenters. The van der Waals surface area contributed by atoms with Crippen LogP contribution in [-0.4, -0.2) is 31.2 Å². The van der Waals surface area contributed by atoms with Crippen LogP contribution < -0.4 is 11.1 Å². The van der Waals surface area contributed by atoms with Gasteiger partial charge in [0.05, 0.1) is 5.54 Å². The first kappa shape index (κ1) is 11.5. The molecule has 0 aromatic carbocycles. The van der Waals surface area contributed by atoms with Gasteiger partial charge in [-0.05, 0) is 39.2 Å². The largest absolute Gasteiger partial charge is 0.381 e. The van der Waals surface area contributed by atoms with Crippen molar-refractivity contribution in [3.63, 3.8) is 0 Å². The number of hydrogen-bond donors (Lipinski definition) is 2. The Morgan fingerprint density at radius 1 is 1.50 bits per heavy atom. The molecule has 1 saturated heterocycles. The fraction of sp³-hybridized carbons (Fsp3) is 0.900. The molecule has 0 radical (unpaired) electrons. The molecule has 0 aromatic rings. The van der Waals surface area contributed by atoms with Gasteiger partial charge in [-0.25, -0.2) is 0 Å². The van der Waals surface area contributed by atoms with Gasteiger partial charge in [0.15, 0.2) is 0 Å². The van der Waals surface area contributed by atoms with Gasteiger partial charge in [-0.2, -0.15) is 0 Å². The summed E-state index contributed by atoms with van der Waals surface area (Å²) < 4.78 is 5.26. The van der Waals surface area contributed by atoms with E-state index in [1.807, 2.05) is 13.8 Å². The number of rotatable bonds is 4. The van der Waals surface area contributed by atoms with Gasteiger partial charge in [0.25, 0.3) is 0 Å². The van der Waals surface area contributed by atoms with Gasteiger partial charge in [0.1, 0.15) is 0 Å². The quantitative estimate of drug-likeness (QED) is 0.684. The Kier molecular flexibility index (Phi) is 3.89. The van der Waals surface area contributed by atoms with Crippen LogP contribution in [-0.2, 0) is 9.53 Å². The second-order valence-electron chi connectivity index (χ2n) is 4.43. The minimum atomic E-state index is -0.599. The van der Waals surface area contributed by atoms with Gasteiger partial charge in [0.2, 0.25) is 5.91 Å². The topological polar surface area (TPSA) is 64.3 Å². The zero-order chi connectivity index (χ0) is 10.6. The van der Waals surface area contributed by atoms with Gasteiger partial charge in [-0.3, -0.25) is 4.79 Å². The van der Waals surface area contributed by atoms with Crippen molar-refractivity contribution >= 4 is 5.91 Å². The van der Waals surface area contributed by atoms with Crippen LogP contribution in [0.5, 0.6) is 0 Å². The van der Waals surface area contributed by atoms with Crippen molar-refractivity contribution in [3.8, 4) is 0 Å². The molecular formula is C10H20N2O2. The molecule has 1 aliphatic heterocycles. The number of ether oxygens (including phenoxy) is 1. The molecule has 4 heteroatoms. The molecule has 0 bridgehead atoms. The Morgan fingerprint density at radius 2 is 2.07 bits per heavy atom. The van der Waals surface area contributed by atoms with Gasteiger partial charge in [-0.1, -0.05) is 0 Å². The molecule has 0 spiro atoms. The third kappa shape index (κ3) is 3.27. The lowest BCUT2D eigenvalue weighted by Gasteiger charge is -2.28. The van der Waals surface area contributed by atoms with E-state index in [1.165, 1.54) is 0 Å². The fourth-order valence-corrected chi connectivity index (χ4v) is 1.44. The molecule has 1 aliphatic rings. The smallest absolute Gasteiger partial charge is 0.237 e. The van der Waals surface area contributed by atoms with Crippen LogP contribution in [0.3, 0.4) is 0 Å². The zero-order valence-corrected chi connectivity index (χ0v) is 9.01. The minimum absolute atomic E-state index is 0.301. The molecule has 0 unspecified atom stereocenters. The predicted octanol–water partition coefficient (Wildman–Crippen LogP) is 0.267. The SMILES string of the molecule is CC(C)(NCC1CCOCC1)C(N)=O. The zero-order valence-electron chi connectivity index (χ0n) is 9.01. The van der Waals surface area contributed by atoms with Crippen LogP contribution in [0.2, 0.25) is 0 Å². The standard InChI is InChI=1S/C10H20N2O2/c1-10(2,9(11)13)12-7-8-3-5-14-6-4-8/h8,12H,3-7H2,1-2H3,(H2,11,13). The van der Waals surface area contributed by atoms with Crippen molar-refractivity contribution < 1.29 is 9.53 Å². The van der Waals surface area contributed by atoms with Gasteiger partial charge in [0, 0.05) is 13.2 Å². The monoisotopic (exact) mass is 200 g/mol. The summed E-state index contributed by atoms with van der Waals surface area (Å²) in [7, 11) is 0. The second kappa shape index (κ2) is 4.75. The number of nitrogens with one attached hydrogen (secondary N) is 1. The first-order valence-corrected chi connectivity index (χ1v) is 5.15. The third-order valence-corrected chi connectivity index (χ3v) is 2.79. The molecule has 1 amide bonds. The summed E-state index contributed by atoms with van der Waals surface area (Å²) in [4.78, 5) is 11.0. The second-order valence-corrected chi connectivity index (χ2v) is 4.43. The molecule has 1 heterocycles. The van der Waals surface area contributed by atoms with E-state index in [0.29, 0.717) is 5.92 Å². The van der Waals surface area contributed by atoms with E-state index in [0.717, 1.165) is 32.6 Å². The lowest BCUT2D eigenvalue weighted by molar-refractivity contribution is -0.123. The number of primary amides is 1. The summed E-state index contributed by atoms with van der Waals surface area (Å²) in [5, 5.41) is 3.20. The van der Waals surface area contributed by atoms with Crippen molar-refractivity contribution in [2.45, 2.75) is 32.2 Å². The third-order valence-electron chi connectivity index (χ3n) is 2.79. The predicted molar refractivity (Wildman–Crippen MR) is 54.8 cm³/mol. The first-order chi connectivity index (χ1) is 6.52. The molecule has 14 heavy (non-hydrogen) atoms. The summed E-state index contributed by atoms with van der Waals surface area (Å²) in [5.41, 5.74) is 4.66. The highest BCUT2D eigenvalue weighted by Gasteiger charge is 2.25. The van der Waals surface area contributed by atoms with Gasteiger partial charge < -0.3 is 15.8 Å². The average molecular weight is 200 g/mol. The Hall–Kier alpha value is -0.610. The lowest BCUT2D eigenvalue weighted by atomic mass is 9.97. The fourth-order valence-electron chi connectivity index (χ4n) is 1.44. The molecule has 3 N–H and O–H groups in total. The van der Waals surface area contributed by atoms with E-state index in [1.54, 1.807) is 0 Å². The van der Waals surface area contributed by atoms with E-state index in [9.17, 15) is 4.79 Å². The van der Waals surface area contributed by atoms with Crippen LogP contribution >= 0.6 is 0 Å².